The number of aryl methyl sites for hydroxylation is 1. The van der Waals surface area contributed by atoms with Crippen molar-refractivity contribution in [2.45, 2.75) is 44.3 Å². The van der Waals surface area contributed by atoms with E-state index in [1.54, 1.807) is 12.4 Å². The Balaban J connectivity index is 0.000000349. The van der Waals surface area contributed by atoms with Crippen LogP contribution in [0.25, 0.3) is 0 Å². The Morgan fingerprint density at radius 1 is 1.05 bits per heavy atom. The van der Waals surface area contributed by atoms with Gasteiger partial charge < -0.3 is 24.6 Å². The Morgan fingerprint density at radius 3 is 2.15 bits per heavy atom. The van der Waals surface area contributed by atoms with E-state index in [-0.39, 0.29) is 11.5 Å². The van der Waals surface area contributed by atoms with Gasteiger partial charge in [0.2, 0.25) is 0 Å². The van der Waals surface area contributed by atoms with Crippen molar-refractivity contribution >= 4 is 17.8 Å². The average Bonchev–Trinajstić information content (AvgIpc) is 3.30. The summed E-state index contributed by atoms with van der Waals surface area (Å²) >= 11 is 0. The molecule has 2 N–H and O–H groups in total. The van der Waals surface area contributed by atoms with Crippen LogP contribution in [0.1, 0.15) is 34.5 Å². The number of aromatic nitrogens is 2. The third kappa shape index (κ3) is 10.3. The standard InChI is InChI=1S/C21H25N3O3.2C2HF3O2/c1-16-4-5-18(12-23-16)20(25)24-14-21(15-24)19(7-10-27-21)6-9-26-13-17-3-2-8-22-11-17;2*3-2(4,5)1(6)7/h2-5,8,11-12,19H,6-7,9-10,13-15H2,1H3;2*(H,6,7). The molecule has 41 heavy (non-hydrogen) atoms. The first-order chi connectivity index (χ1) is 19.0. The van der Waals surface area contributed by atoms with Crippen LogP contribution < -0.4 is 0 Å². The summed E-state index contributed by atoms with van der Waals surface area (Å²) in [5.41, 5.74) is 2.45. The van der Waals surface area contributed by atoms with Crippen LogP contribution in [0.15, 0.2) is 42.9 Å². The second kappa shape index (κ2) is 14.2. The van der Waals surface area contributed by atoms with E-state index in [2.05, 4.69) is 9.97 Å². The molecule has 2 saturated heterocycles. The molecule has 2 aromatic rings. The van der Waals surface area contributed by atoms with Gasteiger partial charge in [-0.05, 0) is 49.4 Å². The van der Waals surface area contributed by atoms with Gasteiger partial charge in [0.05, 0.1) is 25.3 Å². The third-order valence-corrected chi connectivity index (χ3v) is 6.05. The van der Waals surface area contributed by atoms with Gasteiger partial charge in [0.25, 0.3) is 5.91 Å². The van der Waals surface area contributed by atoms with Gasteiger partial charge in [-0.1, -0.05) is 6.07 Å². The summed E-state index contributed by atoms with van der Waals surface area (Å²) in [5.74, 6) is -5.04. The molecule has 0 radical (unpaired) electrons. The Labute approximate surface area is 229 Å². The van der Waals surface area contributed by atoms with E-state index in [0.29, 0.717) is 37.8 Å². The number of carbonyl (C=O) groups excluding carboxylic acids is 1. The summed E-state index contributed by atoms with van der Waals surface area (Å²) < 4.78 is 75.4. The van der Waals surface area contributed by atoms with E-state index in [9.17, 15) is 31.1 Å². The minimum absolute atomic E-state index is 0.0372. The molecule has 226 valence electrons. The normalized spacial score (nSPS) is 17.4. The molecule has 16 heteroatoms. The maximum absolute atomic E-state index is 12.6. The van der Waals surface area contributed by atoms with Crippen molar-refractivity contribution in [3.8, 4) is 0 Å². The number of rotatable bonds is 6. The number of pyridine rings is 2. The zero-order valence-electron chi connectivity index (χ0n) is 21.6. The molecule has 1 unspecified atom stereocenters. The van der Waals surface area contributed by atoms with Gasteiger partial charge in [-0.15, -0.1) is 0 Å². The molecule has 1 atom stereocenters. The lowest BCUT2D eigenvalue weighted by Gasteiger charge is -2.50. The fourth-order valence-electron chi connectivity index (χ4n) is 3.96. The molecule has 0 bridgehead atoms. The molecular weight excluding hydrogens is 568 g/mol. The first kappa shape index (κ1) is 33.4. The van der Waals surface area contributed by atoms with Crippen LogP contribution in [-0.2, 0) is 25.7 Å². The summed E-state index contributed by atoms with van der Waals surface area (Å²) in [4.78, 5) is 40.6. The minimum atomic E-state index is -5.08. The van der Waals surface area contributed by atoms with Crippen molar-refractivity contribution in [3.05, 3.63) is 59.7 Å². The SMILES string of the molecule is Cc1ccc(C(=O)N2CC3(C2)OCCC3CCOCc2cccnc2)cn1.O=C(O)C(F)(F)F.O=C(O)C(F)(F)F. The highest BCUT2D eigenvalue weighted by molar-refractivity contribution is 5.94. The largest absolute Gasteiger partial charge is 0.490 e. The van der Waals surface area contributed by atoms with Crippen LogP contribution in [0, 0.1) is 12.8 Å². The van der Waals surface area contributed by atoms with Crippen LogP contribution in [0.2, 0.25) is 0 Å². The summed E-state index contributed by atoms with van der Waals surface area (Å²) in [7, 11) is 0. The average molecular weight is 595 g/mol. The highest BCUT2D eigenvalue weighted by Crippen LogP contribution is 2.42. The number of carbonyl (C=O) groups is 3. The second-order valence-corrected chi connectivity index (χ2v) is 9.06. The van der Waals surface area contributed by atoms with Gasteiger partial charge in [0.15, 0.2) is 0 Å². The highest BCUT2D eigenvalue weighted by Gasteiger charge is 2.54. The van der Waals surface area contributed by atoms with Crippen LogP contribution >= 0.6 is 0 Å². The number of halogens is 6. The van der Waals surface area contributed by atoms with Gasteiger partial charge in [0, 0.05) is 37.5 Å². The molecule has 2 aliphatic rings. The minimum Gasteiger partial charge on any atom is -0.475 e. The maximum atomic E-state index is 12.6. The quantitative estimate of drug-likeness (QED) is 0.376. The van der Waals surface area contributed by atoms with Crippen molar-refractivity contribution in [3.63, 3.8) is 0 Å². The summed E-state index contributed by atoms with van der Waals surface area (Å²) in [6.45, 7) is 5.28. The van der Waals surface area contributed by atoms with Gasteiger partial charge in [0.1, 0.15) is 5.60 Å². The van der Waals surface area contributed by atoms with Crippen molar-refractivity contribution < 1.29 is 60.4 Å². The predicted octanol–water partition coefficient (Wildman–Crippen LogP) is 3.89. The summed E-state index contributed by atoms with van der Waals surface area (Å²) in [5, 5.41) is 14.2. The number of hydrogen-bond donors (Lipinski definition) is 2. The van der Waals surface area contributed by atoms with E-state index >= 15 is 0 Å². The van der Waals surface area contributed by atoms with Crippen molar-refractivity contribution in [1.82, 2.24) is 14.9 Å². The number of amides is 1. The fourth-order valence-corrected chi connectivity index (χ4v) is 3.96. The van der Waals surface area contributed by atoms with Crippen LogP contribution in [0.3, 0.4) is 0 Å². The number of nitrogens with zero attached hydrogens (tertiary/aromatic N) is 3. The number of aliphatic carboxylic acids is 2. The van der Waals surface area contributed by atoms with E-state index in [1.807, 2.05) is 42.3 Å². The molecule has 10 nitrogen and oxygen atoms in total. The van der Waals surface area contributed by atoms with E-state index in [4.69, 9.17) is 29.3 Å². The molecular formula is C25H27F6N3O7. The topological polar surface area (TPSA) is 139 Å². The number of carboxylic acids is 2. The van der Waals surface area contributed by atoms with E-state index in [0.717, 1.165) is 30.7 Å². The van der Waals surface area contributed by atoms with Crippen LogP contribution in [0.5, 0.6) is 0 Å². The Kier molecular flexibility index (Phi) is 11.6. The van der Waals surface area contributed by atoms with E-state index in [1.165, 1.54) is 0 Å². The molecule has 2 aliphatic heterocycles. The third-order valence-electron chi connectivity index (χ3n) is 6.05. The van der Waals surface area contributed by atoms with Crippen molar-refractivity contribution in [2.24, 2.45) is 5.92 Å². The lowest BCUT2D eigenvalue weighted by molar-refractivity contribution is -0.193. The first-order valence-electron chi connectivity index (χ1n) is 12.0. The molecule has 2 aromatic heterocycles. The lowest BCUT2D eigenvalue weighted by Crippen LogP contribution is -2.66. The number of alkyl halides is 6. The molecule has 0 saturated carbocycles. The second-order valence-electron chi connectivity index (χ2n) is 9.06. The molecule has 1 amide bonds. The Bertz CT molecular complexity index is 1130. The zero-order valence-corrected chi connectivity index (χ0v) is 21.6. The monoisotopic (exact) mass is 595 g/mol. The van der Waals surface area contributed by atoms with Gasteiger partial charge in [-0.25, -0.2) is 9.59 Å². The van der Waals surface area contributed by atoms with Gasteiger partial charge >= 0.3 is 24.3 Å². The fraction of sp³-hybridized carbons (Fsp3) is 0.480. The van der Waals surface area contributed by atoms with Gasteiger partial charge in [-0.3, -0.25) is 14.8 Å². The zero-order chi connectivity index (χ0) is 30.8. The molecule has 1 spiro atoms. The van der Waals surface area contributed by atoms with Crippen LogP contribution in [0.4, 0.5) is 26.3 Å². The molecule has 0 aromatic carbocycles. The molecule has 2 fully saturated rings. The van der Waals surface area contributed by atoms with Gasteiger partial charge in [-0.2, -0.15) is 26.3 Å². The van der Waals surface area contributed by atoms with Crippen molar-refractivity contribution in [2.75, 3.05) is 26.3 Å². The number of carboxylic acid groups (broad SMARTS) is 2. The number of ether oxygens (including phenoxy) is 2. The summed E-state index contributed by atoms with van der Waals surface area (Å²) in [6.07, 6.45) is -2.93. The Hall–Kier alpha value is -3.79. The van der Waals surface area contributed by atoms with Crippen molar-refractivity contribution in [1.29, 1.82) is 0 Å². The smallest absolute Gasteiger partial charge is 0.475 e. The molecule has 0 aliphatic carbocycles. The van der Waals surface area contributed by atoms with Crippen LogP contribution in [-0.4, -0.2) is 87.2 Å². The number of hydrogen-bond acceptors (Lipinski definition) is 7. The Morgan fingerprint density at radius 2 is 1.66 bits per heavy atom. The number of likely N-dealkylation sites (tertiary alicyclic amines) is 1. The molecule has 4 heterocycles. The summed E-state index contributed by atoms with van der Waals surface area (Å²) in [6, 6.07) is 7.65. The highest BCUT2D eigenvalue weighted by atomic mass is 19.4. The van der Waals surface area contributed by atoms with E-state index < -0.39 is 24.3 Å². The lowest BCUT2D eigenvalue weighted by atomic mass is 9.79. The maximum Gasteiger partial charge on any atom is 0.490 e. The molecule has 4 rings (SSSR count). The first-order valence-corrected chi connectivity index (χ1v) is 12.0. The predicted molar refractivity (Wildman–Crippen MR) is 128 cm³/mol.